The van der Waals surface area contributed by atoms with Gasteiger partial charge in [-0.15, -0.1) is 11.8 Å². The van der Waals surface area contributed by atoms with Gasteiger partial charge in [0.15, 0.2) is 5.82 Å². The number of benzene rings is 1. The zero-order valence-electron chi connectivity index (χ0n) is 13.8. The average Bonchev–Trinajstić information content (AvgIpc) is 3.24. The molecule has 1 aliphatic heterocycles. The number of rotatable bonds is 3. The van der Waals surface area contributed by atoms with Gasteiger partial charge in [-0.05, 0) is 31.0 Å². The molecule has 1 fully saturated rings. The van der Waals surface area contributed by atoms with Gasteiger partial charge in [0.25, 0.3) is 5.91 Å². The van der Waals surface area contributed by atoms with Crippen molar-refractivity contribution in [2.24, 2.45) is 0 Å². The second kappa shape index (κ2) is 6.18. The Morgan fingerprint density at radius 1 is 1.36 bits per heavy atom. The number of thioether (sulfide) groups is 1. The highest BCUT2D eigenvalue weighted by atomic mass is 32.2. The first kappa shape index (κ1) is 16.1. The number of hydrogen-bond acceptors (Lipinski definition) is 6. The zero-order chi connectivity index (χ0) is 17.4. The van der Waals surface area contributed by atoms with Crippen molar-refractivity contribution in [2.75, 3.05) is 11.1 Å². The van der Waals surface area contributed by atoms with E-state index in [0.717, 1.165) is 30.6 Å². The molecule has 0 bridgehead atoms. The number of nitrogens with one attached hydrogen (secondary N) is 2. The monoisotopic (exact) mass is 358 g/mol. The van der Waals surface area contributed by atoms with Crippen molar-refractivity contribution in [3.63, 3.8) is 0 Å². The number of nitrogens with zero attached hydrogens (tertiary/aromatic N) is 2. The van der Waals surface area contributed by atoms with Gasteiger partial charge in [-0.2, -0.15) is 4.98 Å². The molecular weight excluding hydrogens is 340 g/mol. The minimum Gasteiger partial charge on any atom is -0.340 e. The second-order valence-corrected chi connectivity index (χ2v) is 7.45. The lowest BCUT2D eigenvalue weighted by Crippen LogP contribution is -2.44. The molecule has 1 aliphatic carbocycles. The van der Waals surface area contributed by atoms with Gasteiger partial charge in [-0.1, -0.05) is 18.0 Å². The maximum atomic E-state index is 12.8. The molecule has 2 aromatic rings. The third-order valence-corrected chi connectivity index (χ3v) is 5.71. The third kappa shape index (κ3) is 3.02. The van der Waals surface area contributed by atoms with Crippen LogP contribution in [0.4, 0.5) is 5.69 Å². The SMILES string of the molecule is Cc1nc(C2(NC(=O)c3ccc4c(c3)NC(=O)CS4)CCCC2)no1. The fourth-order valence-electron chi connectivity index (χ4n) is 3.39. The van der Waals surface area contributed by atoms with E-state index in [1.807, 2.05) is 6.07 Å². The minimum absolute atomic E-state index is 0.0513. The first-order valence-electron chi connectivity index (χ1n) is 8.26. The molecule has 8 heteroatoms. The van der Waals surface area contributed by atoms with Gasteiger partial charge >= 0.3 is 0 Å². The summed E-state index contributed by atoms with van der Waals surface area (Å²) < 4.78 is 5.11. The van der Waals surface area contributed by atoms with Crippen LogP contribution in [0.25, 0.3) is 0 Å². The van der Waals surface area contributed by atoms with E-state index in [4.69, 9.17) is 4.52 Å². The largest absolute Gasteiger partial charge is 0.340 e. The van der Waals surface area contributed by atoms with E-state index in [1.54, 1.807) is 19.1 Å². The molecule has 25 heavy (non-hydrogen) atoms. The first-order chi connectivity index (χ1) is 12.1. The van der Waals surface area contributed by atoms with Gasteiger partial charge in [-0.3, -0.25) is 9.59 Å². The molecule has 1 aromatic carbocycles. The zero-order valence-corrected chi connectivity index (χ0v) is 14.6. The summed E-state index contributed by atoms with van der Waals surface area (Å²) in [6, 6.07) is 5.37. The van der Waals surface area contributed by atoms with Gasteiger partial charge in [0, 0.05) is 17.4 Å². The molecule has 130 valence electrons. The molecule has 2 amide bonds. The quantitative estimate of drug-likeness (QED) is 0.875. The summed E-state index contributed by atoms with van der Waals surface area (Å²) in [5, 5.41) is 9.96. The van der Waals surface area contributed by atoms with Crippen LogP contribution >= 0.6 is 11.8 Å². The summed E-state index contributed by atoms with van der Waals surface area (Å²) in [4.78, 5) is 29.7. The van der Waals surface area contributed by atoms with Gasteiger partial charge in [-0.25, -0.2) is 0 Å². The summed E-state index contributed by atoms with van der Waals surface area (Å²) in [7, 11) is 0. The number of amides is 2. The lowest BCUT2D eigenvalue weighted by atomic mass is 9.95. The Balaban J connectivity index is 1.60. The van der Waals surface area contributed by atoms with E-state index in [0.29, 0.717) is 28.7 Å². The highest BCUT2D eigenvalue weighted by Crippen LogP contribution is 2.38. The molecule has 7 nitrogen and oxygen atoms in total. The fourth-order valence-corrected chi connectivity index (χ4v) is 4.18. The highest BCUT2D eigenvalue weighted by molar-refractivity contribution is 8.00. The molecule has 2 aliphatic rings. The molecule has 0 spiro atoms. The standard InChI is InChI=1S/C17H18N4O3S/c1-10-18-16(21-24-10)17(6-2-3-7-17)20-15(23)11-4-5-13-12(8-11)19-14(22)9-25-13/h4-5,8H,2-3,6-7,9H2,1H3,(H,19,22)(H,20,23). The molecule has 1 saturated carbocycles. The van der Waals surface area contributed by atoms with Crippen molar-refractivity contribution in [1.82, 2.24) is 15.5 Å². The number of fused-ring (bicyclic) bond motifs is 1. The molecule has 0 unspecified atom stereocenters. The number of carbonyl (C=O) groups is 2. The van der Waals surface area contributed by atoms with E-state index in [1.165, 1.54) is 11.8 Å². The predicted octanol–water partition coefficient (Wildman–Crippen LogP) is 2.62. The van der Waals surface area contributed by atoms with Gasteiger partial charge in [0.05, 0.1) is 11.4 Å². The average molecular weight is 358 g/mol. The minimum atomic E-state index is -0.581. The van der Waals surface area contributed by atoms with Crippen molar-refractivity contribution >= 4 is 29.3 Å². The molecule has 1 aromatic heterocycles. The summed E-state index contributed by atoms with van der Waals surface area (Å²) >= 11 is 1.47. The van der Waals surface area contributed by atoms with Crippen LogP contribution in [0.15, 0.2) is 27.6 Å². The van der Waals surface area contributed by atoms with Crippen LogP contribution in [0.5, 0.6) is 0 Å². The second-order valence-electron chi connectivity index (χ2n) is 6.43. The summed E-state index contributed by atoms with van der Waals surface area (Å²) in [5.74, 6) is 1.18. The number of carbonyl (C=O) groups excluding carboxylic acids is 2. The van der Waals surface area contributed by atoms with Gasteiger partial charge in [0.1, 0.15) is 5.54 Å². The Bertz CT molecular complexity index is 842. The molecule has 0 atom stereocenters. The number of aromatic nitrogens is 2. The fraction of sp³-hybridized carbons (Fsp3) is 0.412. The summed E-state index contributed by atoms with van der Waals surface area (Å²) in [6.45, 7) is 1.74. The Kier molecular flexibility index (Phi) is 3.99. The van der Waals surface area contributed by atoms with Gasteiger partial charge < -0.3 is 15.2 Å². The molecular formula is C17H18N4O3S. The maximum Gasteiger partial charge on any atom is 0.252 e. The number of hydrogen-bond donors (Lipinski definition) is 2. The van der Waals surface area contributed by atoms with Crippen LogP contribution in [0.2, 0.25) is 0 Å². The smallest absolute Gasteiger partial charge is 0.252 e. The van der Waals surface area contributed by atoms with Crippen LogP contribution in [-0.2, 0) is 10.3 Å². The lowest BCUT2D eigenvalue weighted by molar-refractivity contribution is -0.113. The normalized spacial score (nSPS) is 18.5. The van der Waals surface area contributed by atoms with Crippen molar-refractivity contribution in [2.45, 2.75) is 43.0 Å². The number of aryl methyl sites for hydroxylation is 1. The van der Waals surface area contributed by atoms with E-state index in [2.05, 4.69) is 20.8 Å². The van der Waals surface area contributed by atoms with Crippen LogP contribution < -0.4 is 10.6 Å². The van der Waals surface area contributed by atoms with E-state index in [-0.39, 0.29) is 11.8 Å². The van der Waals surface area contributed by atoms with E-state index < -0.39 is 5.54 Å². The van der Waals surface area contributed by atoms with Gasteiger partial charge in [0.2, 0.25) is 11.8 Å². The Hall–Kier alpha value is -2.35. The van der Waals surface area contributed by atoms with Crippen molar-refractivity contribution in [3.05, 3.63) is 35.5 Å². The Morgan fingerprint density at radius 2 is 2.16 bits per heavy atom. The van der Waals surface area contributed by atoms with Crippen molar-refractivity contribution in [3.8, 4) is 0 Å². The first-order valence-corrected chi connectivity index (χ1v) is 9.24. The van der Waals surface area contributed by atoms with Crippen LogP contribution in [0.1, 0.15) is 47.8 Å². The molecule has 2 heterocycles. The number of anilines is 1. The molecule has 4 rings (SSSR count). The molecule has 2 N–H and O–H groups in total. The molecule has 0 saturated heterocycles. The predicted molar refractivity (Wildman–Crippen MR) is 92.4 cm³/mol. The maximum absolute atomic E-state index is 12.8. The Morgan fingerprint density at radius 3 is 2.88 bits per heavy atom. The highest BCUT2D eigenvalue weighted by Gasteiger charge is 2.41. The summed E-state index contributed by atoms with van der Waals surface area (Å²) in [6.07, 6.45) is 3.58. The van der Waals surface area contributed by atoms with Crippen molar-refractivity contribution in [1.29, 1.82) is 0 Å². The third-order valence-electron chi connectivity index (χ3n) is 4.64. The molecule has 0 radical (unpaired) electrons. The van der Waals surface area contributed by atoms with Crippen LogP contribution in [-0.4, -0.2) is 27.7 Å². The van der Waals surface area contributed by atoms with Crippen LogP contribution in [0.3, 0.4) is 0 Å². The topological polar surface area (TPSA) is 97.1 Å². The lowest BCUT2D eigenvalue weighted by Gasteiger charge is -2.27. The van der Waals surface area contributed by atoms with Crippen molar-refractivity contribution < 1.29 is 14.1 Å². The van der Waals surface area contributed by atoms with Crippen LogP contribution in [0, 0.1) is 6.92 Å². The van der Waals surface area contributed by atoms with E-state index >= 15 is 0 Å². The Labute approximate surface area is 148 Å². The summed E-state index contributed by atoms with van der Waals surface area (Å²) in [5.41, 5.74) is 0.612. The van der Waals surface area contributed by atoms with E-state index in [9.17, 15) is 9.59 Å².